The lowest BCUT2D eigenvalue weighted by molar-refractivity contribution is 0.339. The van der Waals surface area contributed by atoms with Crippen molar-refractivity contribution in [1.29, 1.82) is 0 Å². The highest BCUT2D eigenvalue weighted by Gasteiger charge is 2.24. The summed E-state index contributed by atoms with van der Waals surface area (Å²) in [6.07, 6.45) is 2.58. The van der Waals surface area contributed by atoms with Gasteiger partial charge in [0.2, 0.25) is 0 Å². The Kier molecular flexibility index (Phi) is 6.49. The molecule has 0 aromatic rings. The minimum absolute atomic E-state index is 0.768. The number of nitrogens with zero attached hydrogens (tertiary/aromatic N) is 3. The predicted octanol–water partition coefficient (Wildman–Crippen LogP) is 1.73. The first-order chi connectivity index (χ1) is 9.76. The highest BCUT2D eigenvalue weighted by atomic mass is 32.2. The van der Waals surface area contributed by atoms with E-state index >= 15 is 0 Å². The monoisotopic (exact) mass is 298 g/mol. The zero-order chi connectivity index (χ0) is 14.4. The molecule has 0 spiro atoms. The second kappa shape index (κ2) is 8.13. The second-order valence-corrected chi connectivity index (χ2v) is 7.23. The fourth-order valence-corrected chi connectivity index (χ4v) is 4.27. The molecule has 0 amide bonds. The van der Waals surface area contributed by atoms with E-state index in [0.29, 0.717) is 0 Å². The lowest BCUT2D eigenvalue weighted by atomic mass is 10.1. The fraction of sp³-hybridized carbons (Fsp3) is 0.933. The molecule has 0 bridgehead atoms. The van der Waals surface area contributed by atoms with Crippen molar-refractivity contribution in [2.24, 2.45) is 10.9 Å². The molecule has 2 rings (SSSR count). The largest absolute Gasteiger partial charge is 0.356 e. The molecular formula is C15H30N4S. The van der Waals surface area contributed by atoms with Gasteiger partial charge < -0.3 is 15.1 Å². The Bertz CT molecular complexity index is 321. The maximum atomic E-state index is 4.49. The zero-order valence-corrected chi connectivity index (χ0v) is 14.1. The normalized spacial score (nSPS) is 28.9. The maximum Gasteiger partial charge on any atom is 0.193 e. The topological polar surface area (TPSA) is 30.9 Å². The highest BCUT2D eigenvalue weighted by Crippen LogP contribution is 2.21. The zero-order valence-electron chi connectivity index (χ0n) is 13.3. The molecule has 0 aliphatic carbocycles. The molecule has 116 valence electrons. The molecule has 2 aliphatic rings. The Balaban J connectivity index is 1.78. The number of hydrogen-bond acceptors (Lipinski definition) is 3. The number of likely N-dealkylation sites (tertiary alicyclic amines) is 1. The quantitative estimate of drug-likeness (QED) is 0.632. The summed E-state index contributed by atoms with van der Waals surface area (Å²) in [6, 6.07) is 0. The minimum atomic E-state index is 0.768. The molecule has 0 aromatic heterocycles. The smallest absolute Gasteiger partial charge is 0.193 e. The third-order valence-electron chi connectivity index (χ3n) is 4.47. The van der Waals surface area contributed by atoms with Crippen LogP contribution in [0.5, 0.6) is 0 Å². The molecular weight excluding hydrogens is 268 g/mol. The molecule has 2 fully saturated rings. The Hall–Kier alpha value is -0.420. The van der Waals surface area contributed by atoms with Gasteiger partial charge in [-0.2, -0.15) is 11.8 Å². The van der Waals surface area contributed by atoms with Crippen LogP contribution < -0.4 is 5.32 Å². The Labute approximate surface area is 128 Å². The van der Waals surface area contributed by atoms with Crippen molar-refractivity contribution in [1.82, 2.24) is 15.1 Å². The Morgan fingerprint density at radius 1 is 1.30 bits per heavy atom. The van der Waals surface area contributed by atoms with Crippen LogP contribution >= 0.6 is 11.8 Å². The van der Waals surface area contributed by atoms with Crippen LogP contribution in [0.2, 0.25) is 0 Å². The molecule has 0 saturated carbocycles. The summed E-state index contributed by atoms with van der Waals surface area (Å²) in [4.78, 5) is 9.47. The molecule has 2 aliphatic heterocycles. The van der Waals surface area contributed by atoms with E-state index in [0.717, 1.165) is 36.8 Å². The average Bonchev–Trinajstić information content (AvgIpc) is 2.96. The molecule has 1 N–H and O–H groups in total. The molecule has 0 radical (unpaired) electrons. The van der Waals surface area contributed by atoms with Crippen LogP contribution in [0.25, 0.3) is 0 Å². The van der Waals surface area contributed by atoms with Gasteiger partial charge in [-0.15, -0.1) is 0 Å². The molecule has 2 heterocycles. The van der Waals surface area contributed by atoms with Gasteiger partial charge in [0.25, 0.3) is 0 Å². The van der Waals surface area contributed by atoms with Crippen LogP contribution in [0.15, 0.2) is 4.99 Å². The van der Waals surface area contributed by atoms with Crippen molar-refractivity contribution in [2.45, 2.75) is 31.9 Å². The molecule has 0 aromatic carbocycles. The number of aliphatic imine (C=N–C) groups is 1. The predicted molar refractivity (Wildman–Crippen MR) is 89.7 cm³/mol. The SMILES string of the molecule is CCC1CN(C(=NC)NCC2CCN(CC)C2)CCS1. The van der Waals surface area contributed by atoms with Crippen LogP contribution in [0.3, 0.4) is 0 Å². The van der Waals surface area contributed by atoms with E-state index in [1.54, 1.807) is 0 Å². The average molecular weight is 298 g/mol. The summed E-state index contributed by atoms with van der Waals surface area (Å²) < 4.78 is 0. The van der Waals surface area contributed by atoms with E-state index in [9.17, 15) is 0 Å². The highest BCUT2D eigenvalue weighted by molar-refractivity contribution is 8.00. The van der Waals surface area contributed by atoms with Crippen molar-refractivity contribution < 1.29 is 0 Å². The van der Waals surface area contributed by atoms with Crippen molar-refractivity contribution >= 4 is 17.7 Å². The van der Waals surface area contributed by atoms with E-state index in [1.807, 2.05) is 7.05 Å². The Morgan fingerprint density at radius 3 is 2.80 bits per heavy atom. The standard InChI is InChI=1S/C15H30N4S/c1-4-14-12-19(8-9-20-14)15(16-3)17-10-13-6-7-18(5-2)11-13/h13-14H,4-12H2,1-3H3,(H,16,17). The summed E-state index contributed by atoms with van der Waals surface area (Å²) in [5, 5.41) is 4.38. The third-order valence-corrected chi connectivity index (χ3v) is 5.84. The van der Waals surface area contributed by atoms with Crippen LogP contribution in [0.1, 0.15) is 26.7 Å². The second-order valence-electron chi connectivity index (χ2n) is 5.82. The first-order valence-corrected chi connectivity index (χ1v) is 9.11. The first-order valence-electron chi connectivity index (χ1n) is 8.06. The van der Waals surface area contributed by atoms with Gasteiger partial charge in [0.05, 0.1) is 0 Å². The van der Waals surface area contributed by atoms with Crippen molar-refractivity contribution in [3.8, 4) is 0 Å². The minimum Gasteiger partial charge on any atom is -0.356 e. The first kappa shape index (κ1) is 16.0. The summed E-state index contributed by atoms with van der Waals surface area (Å²) >= 11 is 2.11. The molecule has 4 nitrogen and oxygen atoms in total. The molecule has 20 heavy (non-hydrogen) atoms. The van der Waals surface area contributed by atoms with Gasteiger partial charge in [-0.3, -0.25) is 4.99 Å². The number of guanidine groups is 1. The van der Waals surface area contributed by atoms with Gasteiger partial charge >= 0.3 is 0 Å². The lowest BCUT2D eigenvalue weighted by Gasteiger charge is -2.34. The Morgan fingerprint density at radius 2 is 2.15 bits per heavy atom. The number of nitrogens with one attached hydrogen (secondary N) is 1. The van der Waals surface area contributed by atoms with E-state index in [4.69, 9.17) is 0 Å². The molecule has 5 heteroatoms. The van der Waals surface area contributed by atoms with E-state index in [2.05, 4.69) is 45.7 Å². The maximum absolute atomic E-state index is 4.49. The summed E-state index contributed by atoms with van der Waals surface area (Å²) in [6.45, 7) is 11.6. The molecule has 2 saturated heterocycles. The summed E-state index contributed by atoms with van der Waals surface area (Å²) in [5.41, 5.74) is 0. The van der Waals surface area contributed by atoms with Gasteiger partial charge in [-0.25, -0.2) is 0 Å². The number of hydrogen-bond donors (Lipinski definition) is 1. The number of rotatable bonds is 4. The fourth-order valence-electron chi connectivity index (χ4n) is 3.09. The van der Waals surface area contributed by atoms with Crippen molar-refractivity contribution in [3.63, 3.8) is 0 Å². The van der Waals surface area contributed by atoms with Gasteiger partial charge in [-0.05, 0) is 31.8 Å². The lowest BCUT2D eigenvalue weighted by Crippen LogP contribution is -2.49. The van der Waals surface area contributed by atoms with Crippen LogP contribution in [-0.4, -0.2) is 73.1 Å². The third kappa shape index (κ3) is 4.29. The van der Waals surface area contributed by atoms with E-state index in [-0.39, 0.29) is 0 Å². The van der Waals surface area contributed by atoms with Gasteiger partial charge in [-0.1, -0.05) is 13.8 Å². The van der Waals surface area contributed by atoms with Crippen LogP contribution in [0, 0.1) is 5.92 Å². The summed E-state index contributed by atoms with van der Waals surface area (Å²) in [5.74, 6) is 3.12. The number of thioether (sulfide) groups is 1. The van der Waals surface area contributed by atoms with Crippen molar-refractivity contribution in [3.05, 3.63) is 0 Å². The molecule has 2 atom stereocenters. The van der Waals surface area contributed by atoms with Crippen LogP contribution in [-0.2, 0) is 0 Å². The van der Waals surface area contributed by atoms with Gasteiger partial charge in [0, 0.05) is 44.2 Å². The van der Waals surface area contributed by atoms with Crippen molar-refractivity contribution in [2.75, 3.05) is 52.1 Å². The van der Waals surface area contributed by atoms with E-state index in [1.165, 1.54) is 38.2 Å². The van der Waals surface area contributed by atoms with Crippen LogP contribution in [0.4, 0.5) is 0 Å². The van der Waals surface area contributed by atoms with Gasteiger partial charge in [0.15, 0.2) is 5.96 Å². The van der Waals surface area contributed by atoms with E-state index < -0.39 is 0 Å². The summed E-state index contributed by atoms with van der Waals surface area (Å²) in [7, 11) is 1.91. The van der Waals surface area contributed by atoms with Gasteiger partial charge in [0.1, 0.15) is 0 Å². The molecule has 2 unspecified atom stereocenters.